The fourth-order valence-electron chi connectivity index (χ4n) is 2.31. The molecule has 0 bridgehead atoms. The standard InChI is InChI=1S/C16H12N4O3S/c1-9-15(24-20-18-9)16(21)17-8-11-7-14(23-19-11)13-6-10-4-2-3-5-12(10)22-13/h2-7H,8H2,1H3,(H,17,21). The second kappa shape index (κ2) is 5.89. The van der Waals surface area contributed by atoms with Crippen molar-refractivity contribution < 1.29 is 13.7 Å². The van der Waals surface area contributed by atoms with E-state index in [1.165, 1.54) is 0 Å². The lowest BCUT2D eigenvalue weighted by molar-refractivity contribution is 0.0953. The molecule has 3 aromatic heterocycles. The van der Waals surface area contributed by atoms with Crippen molar-refractivity contribution in [1.29, 1.82) is 0 Å². The van der Waals surface area contributed by atoms with Gasteiger partial charge in [0, 0.05) is 11.5 Å². The lowest BCUT2D eigenvalue weighted by Crippen LogP contribution is -2.22. The number of amides is 1. The molecular weight excluding hydrogens is 328 g/mol. The molecule has 0 aliphatic heterocycles. The zero-order valence-corrected chi connectivity index (χ0v) is 13.5. The highest BCUT2D eigenvalue weighted by atomic mass is 32.1. The van der Waals surface area contributed by atoms with Crippen LogP contribution < -0.4 is 5.32 Å². The van der Waals surface area contributed by atoms with Gasteiger partial charge in [0.1, 0.15) is 16.2 Å². The van der Waals surface area contributed by atoms with Crippen molar-refractivity contribution in [3.05, 3.63) is 52.7 Å². The average Bonchev–Trinajstić information content (AvgIpc) is 3.31. The van der Waals surface area contributed by atoms with Gasteiger partial charge in [0.15, 0.2) is 5.76 Å². The van der Waals surface area contributed by atoms with E-state index in [0.29, 0.717) is 27.8 Å². The van der Waals surface area contributed by atoms with Gasteiger partial charge in [-0.3, -0.25) is 4.79 Å². The third kappa shape index (κ3) is 2.67. The van der Waals surface area contributed by atoms with E-state index in [-0.39, 0.29) is 12.5 Å². The molecular formula is C16H12N4O3S. The summed E-state index contributed by atoms with van der Waals surface area (Å²) in [5.74, 6) is 0.894. The van der Waals surface area contributed by atoms with E-state index in [4.69, 9.17) is 8.94 Å². The summed E-state index contributed by atoms with van der Waals surface area (Å²) >= 11 is 1.07. The Bertz CT molecular complexity index is 984. The molecule has 1 aromatic carbocycles. The number of aryl methyl sites for hydroxylation is 1. The van der Waals surface area contributed by atoms with Crippen LogP contribution in [-0.4, -0.2) is 20.7 Å². The van der Waals surface area contributed by atoms with Crippen LogP contribution in [0.5, 0.6) is 0 Å². The summed E-state index contributed by atoms with van der Waals surface area (Å²) < 4.78 is 14.8. The third-order valence-electron chi connectivity index (χ3n) is 3.52. The second-order valence-corrected chi connectivity index (χ2v) is 5.96. The lowest BCUT2D eigenvalue weighted by Gasteiger charge is -1.99. The number of rotatable bonds is 4. The Labute approximate surface area is 140 Å². The SMILES string of the molecule is Cc1nnsc1C(=O)NCc1cc(-c2cc3ccccc3o2)on1. The van der Waals surface area contributed by atoms with Gasteiger partial charge >= 0.3 is 0 Å². The van der Waals surface area contributed by atoms with E-state index in [0.717, 1.165) is 22.5 Å². The van der Waals surface area contributed by atoms with Crippen molar-refractivity contribution >= 4 is 28.4 Å². The molecule has 0 atom stereocenters. The van der Waals surface area contributed by atoms with Gasteiger partial charge in [0.2, 0.25) is 5.76 Å². The van der Waals surface area contributed by atoms with Crippen LogP contribution in [0.2, 0.25) is 0 Å². The number of hydrogen-bond acceptors (Lipinski definition) is 7. The largest absolute Gasteiger partial charge is 0.453 e. The maximum absolute atomic E-state index is 12.0. The third-order valence-corrected chi connectivity index (χ3v) is 4.34. The molecule has 120 valence electrons. The molecule has 4 aromatic rings. The van der Waals surface area contributed by atoms with Crippen LogP contribution in [-0.2, 0) is 6.54 Å². The first-order chi connectivity index (χ1) is 11.7. The number of furan rings is 1. The van der Waals surface area contributed by atoms with E-state index in [9.17, 15) is 4.79 Å². The number of hydrogen-bond donors (Lipinski definition) is 1. The second-order valence-electron chi connectivity index (χ2n) is 5.20. The molecule has 1 N–H and O–H groups in total. The highest BCUT2D eigenvalue weighted by molar-refractivity contribution is 7.07. The Morgan fingerprint density at radius 1 is 1.25 bits per heavy atom. The van der Waals surface area contributed by atoms with Crippen LogP contribution in [0.25, 0.3) is 22.5 Å². The van der Waals surface area contributed by atoms with Crippen molar-refractivity contribution in [3.8, 4) is 11.5 Å². The highest BCUT2D eigenvalue weighted by Gasteiger charge is 2.15. The minimum atomic E-state index is -0.226. The molecule has 0 radical (unpaired) electrons. The van der Waals surface area contributed by atoms with Crippen LogP contribution >= 0.6 is 11.5 Å². The monoisotopic (exact) mass is 340 g/mol. The van der Waals surface area contributed by atoms with Crippen molar-refractivity contribution in [2.24, 2.45) is 0 Å². The van der Waals surface area contributed by atoms with Crippen LogP contribution in [0.1, 0.15) is 21.1 Å². The van der Waals surface area contributed by atoms with Crippen molar-refractivity contribution in [1.82, 2.24) is 20.1 Å². The van der Waals surface area contributed by atoms with Crippen molar-refractivity contribution in [2.45, 2.75) is 13.5 Å². The number of carbonyl (C=O) groups excluding carboxylic acids is 1. The number of benzene rings is 1. The lowest BCUT2D eigenvalue weighted by atomic mass is 10.2. The van der Waals surface area contributed by atoms with Gasteiger partial charge in [-0.15, -0.1) is 5.10 Å². The molecule has 24 heavy (non-hydrogen) atoms. The first-order valence-electron chi connectivity index (χ1n) is 7.22. The number of fused-ring (bicyclic) bond motifs is 1. The number of aromatic nitrogens is 3. The number of nitrogens with zero attached hydrogens (tertiary/aromatic N) is 3. The van der Waals surface area contributed by atoms with E-state index >= 15 is 0 Å². The van der Waals surface area contributed by atoms with E-state index in [2.05, 4.69) is 20.1 Å². The average molecular weight is 340 g/mol. The predicted octanol–water partition coefficient (Wildman–Crippen LogP) is 3.18. The molecule has 0 spiro atoms. The Morgan fingerprint density at radius 3 is 2.92 bits per heavy atom. The summed E-state index contributed by atoms with van der Waals surface area (Å²) in [6.07, 6.45) is 0. The minimum Gasteiger partial charge on any atom is -0.453 e. The molecule has 3 heterocycles. The summed E-state index contributed by atoms with van der Waals surface area (Å²) in [5.41, 5.74) is 2.00. The molecule has 0 fully saturated rings. The molecule has 1 amide bonds. The summed E-state index contributed by atoms with van der Waals surface area (Å²) in [4.78, 5) is 12.5. The van der Waals surface area contributed by atoms with Crippen LogP contribution in [0.4, 0.5) is 0 Å². The minimum absolute atomic E-state index is 0.226. The van der Waals surface area contributed by atoms with E-state index < -0.39 is 0 Å². The summed E-state index contributed by atoms with van der Waals surface area (Å²) in [7, 11) is 0. The molecule has 0 unspecified atom stereocenters. The molecule has 7 nitrogen and oxygen atoms in total. The van der Waals surface area contributed by atoms with Gasteiger partial charge in [0.05, 0.1) is 12.2 Å². The first kappa shape index (κ1) is 14.6. The summed E-state index contributed by atoms with van der Waals surface area (Å²) in [6.45, 7) is 1.99. The Morgan fingerprint density at radius 2 is 2.12 bits per heavy atom. The maximum atomic E-state index is 12.0. The summed E-state index contributed by atoms with van der Waals surface area (Å²) in [6, 6.07) is 11.3. The fraction of sp³-hybridized carbons (Fsp3) is 0.125. The molecule has 0 saturated heterocycles. The normalized spacial score (nSPS) is 11.0. The van der Waals surface area contributed by atoms with Crippen LogP contribution in [0.3, 0.4) is 0 Å². The fourth-order valence-corrected chi connectivity index (χ4v) is 2.88. The topological polar surface area (TPSA) is 94.1 Å². The molecule has 4 rings (SSSR count). The molecule has 0 saturated carbocycles. The smallest absolute Gasteiger partial charge is 0.265 e. The van der Waals surface area contributed by atoms with Crippen molar-refractivity contribution in [2.75, 3.05) is 0 Å². The van der Waals surface area contributed by atoms with Gasteiger partial charge in [0.25, 0.3) is 5.91 Å². The van der Waals surface area contributed by atoms with E-state index in [1.54, 1.807) is 13.0 Å². The maximum Gasteiger partial charge on any atom is 0.265 e. The Kier molecular flexibility index (Phi) is 3.58. The summed E-state index contributed by atoms with van der Waals surface area (Å²) in [5, 5.41) is 11.5. The van der Waals surface area contributed by atoms with E-state index in [1.807, 2.05) is 30.3 Å². The van der Waals surface area contributed by atoms with Gasteiger partial charge in [-0.25, -0.2) is 0 Å². The van der Waals surface area contributed by atoms with Crippen LogP contribution in [0.15, 0.2) is 45.3 Å². The number of para-hydroxylation sites is 1. The molecule has 0 aliphatic rings. The Balaban J connectivity index is 1.48. The zero-order chi connectivity index (χ0) is 16.5. The highest BCUT2D eigenvalue weighted by Crippen LogP contribution is 2.28. The molecule has 8 heteroatoms. The van der Waals surface area contributed by atoms with Crippen molar-refractivity contribution in [3.63, 3.8) is 0 Å². The van der Waals surface area contributed by atoms with Gasteiger partial charge in [-0.2, -0.15) is 0 Å². The number of nitrogens with one attached hydrogen (secondary N) is 1. The predicted molar refractivity (Wildman–Crippen MR) is 87.5 cm³/mol. The van der Waals surface area contributed by atoms with Crippen LogP contribution in [0, 0.1) is 6.92 Å². The number of carbonyl (C=O) groups is 1. The van der Waals surface area contributed by atoms with Gasteiger partial charge < -0.3 is 14.3 Å². The quantitative estimate of drug-likeness (QED) is 0.613. The van der Waals surface area contributed by atoms with Gasteiger partial charge in [-0.05, 0) is 30.6 Å². The molecule has 0 aliphatic carbocycles. The van der Waals surface area contributed by atoms with Gasteiger partial charge in [-0.1, -0.05) is 27.8 Å². The zero-order valence-electron chi connectivity index (χ0n) is 12.6. The first-order valence-corrected chi connectivity index (χ1v) is 8.00. The Hall–Kier alpha value is -3.00.